The number of aryl methyl sites for hydroxylation is 2. The van der Waals surface area contributed by atoms with Gasteiger partial charge in [0, 0.05) is 20.1 Å². The summed E-state index contributed by atoms with van der Waals surface area (Å²) in [7, 11) is 3.49. The standard InChI is InChI=1S/C13H22N4O2/c1-9-10(13(19-3)17(2)16-9)8-15-11-6-4-5-7-14-12(11)18/h11,15H,4-8H2,1-3H3,(H,14,18)/t11-/m1/s1. The van der Waals surface area contributed by atoms with Crippen molar-refractivity contribution in [3.63, 3.8) is 0 Å². The second kappa shape index (κ2) is 6.06. The first-order valence-corrected chi connectivity index (χ1v) is 6.71. The Hall–Kier alpha value is -1.56. The molecule has 0 unspecified atom stereocenters. The number of nitrogens with zero attached hydrogens (tertiary/aromatic N) is 2. The maximum Gasteiger partial charge on any atom is 0.237 e. The fourth-order valence-corrected chi connectivity index (χ4v) is 2.50. The van der Waals surface area contributed by atoms with Crippen LogP contribution < -0.4 is 15.4 Å². The zero-order valence-electron chi connectivity index (χ0n) is 11.8. The van der Waals surface area contributed by atoms with Gasteiger partial charge in [-0.1, -0.05) is 0 Å². The van der Waals surface area contributed by atoms with Crippen LogP contribution in [0.1, 0.15) is 30.5 Å². The smallest absolute Gasteiger partial charge is 0.237 e. The SMILES string of the molecule is COc1c(CN[C@@H]2CCCCNC2=O)c(C)nn1C. The highest BCUT2D eigenvalue weighted by atomic mass is 16.5. The number of rotatable bonds is 4. The number of methoxy groups -OCH3 is 1. The van der Waals surface area contributed by atoms with E-state index in [0.29, 0.717) is 6.54 Å². The van der Waals surface area contributed by atoms with Gasteiger partial charge in [-0.05, 0) is 26.2 Å². The molecule has 106 valence electrons. The van der Waals surface area contributed by atoms with Crippen LogP contribution in [0.2, 0.25) is 0 Å². The van der Waals surface area contributed by atoms with Crippen LogP contribution in [-0.2, 0) is 18.4 Å². The van der Waals surface area contributed by atoms with Crippen LogP contribution in [0, 0.1) is 6.92 Å². The van der Waals surface area contributed by atoms with Crippen LogP contribution >= 0.6 is 0 Å². The van der Waals surface area contributed by atoms with Gasteiger partial charge in [-0.25, -0.2) is 4.68 Å². The van der Waals surface area contributed by atoms with Gasteiger partial charge < -0.3 is 15.4 Å². The van der Waals surface area contributed by atoms with Crippen molar-refractivity contribution in [3.05, 3.63) is 11.3 Å². The summed E-state index contributed by atoms with van der Waals surface area (Å²) in [5.74, 6) is 0.844. The quantitative estimate of drug-likeness (QED) is 0.832. The van der Waals surface area contributed by atoms with E-state index in [-0.39, 0.29) is 11.9 Å². The summed E-state index contributed by atoms with van der Waals surface area (Å²) in [6.45, 7) is 3.33. The molecule has 1 aromatic rings. The summed E-state index contributed by atoms with van der Waals surface area (Å²) in [6.07, 6.45) is 3.01. The van der Waals surface area contributed by atoms with Crippen molar-refractivity contribution in [3.8, 4) is 5.88 Å². The van der Waals surface area contributed by atoms with Gasteiger partial charge in [0.2, 0.25) is 11.8 Å². The van der Waals surface area contributed by atoms with Crippen molar-refractivity contribution in [2.24, 2.45) is 7.05 Å². The number of hydrogen-bond donors (Lipinski definition) is 2. The van der Waals surface area contributed by atoms with Gasteiger partial charge >= 0.3 is 0 Å². The Morgan fingerprint density at radius 3 is 3.05 bits per heavy atom. The van der Waals surface area contributed by atoms with Crippen molar-refractivity contribution < 1.29 is 9.53 Å². The maximum atomic E-state index is 11.9. The summed E-state index contributed by atoms with van der Waals surface area (Å²) >= 11 is 0. The predicted octanol–water partition coefficient (Wildman–Crippen LogP) is 0.495. The van der Waals surface area contributed by atoms with Crippen molar-refractivity contribution in [1.29, 1.82) is 0 Å². The first-order chi connectivity index (χ1) is 9.13. The van der Waals surface area contributed by atoms with E-state index in [1.165, 1.54) is 0 Å². The molecular formula is C13H22N4O2. The van der Waals surface area contributed by atoms with Crippen LogP contribution in [-0.4, -0.2) is 35.4 Å². The van der Waals surface area contributed by atoms with Crippen LogP contribution in [0.3, 0.4) is 0 Å². The Labute approximate surface area is 113 Å². The first-order valence-electron chi connectivity index (χ1n) is 6.71. The predicted molar refractivity (Wildman–Crippen MR) is 72.0 cm³/mol. The minimum Gasteiger partial charge on any atom is -0.481 e. The number of hydrogen-bond acceptors (Lipinski definition) is 4. The van der Waals surface area contributed by atoms with Gasteiger partial charge in [0.25, 0.3) is 0 Å². The van der Waals surface area contributed by atoms with Crippen molar-refractivity contribution in [1.82, 2.24) is 20.4 Å². The number of nitrogens with one attached hydrogen (secondary N) is 2. The molecule has 2 N–H and O–H groups in total. The maximum absolute atomic E-state index is 11.9. The molecule has 1 aliphatic heterocycles. The largest absolute Gasteiger partial charge is 0.481 e. The lowest BCUT2D eigenvalue weighted by Gasteiger charge is -2.15. The Kier molecular flexibility index (Phi) is 4.42. The van der Waals surface area contributed by atoms with E-state index in [1.807, 2.05) is 14.0 Å². The van der Waals surface area contributed by atoms with E-state index >= 15 is 0 Å². The Balaban J connectivity index is 2.03. The minimum atomic E-state index is -0.119. The van der Waals surface area contributed by atoms with Crippen molar-refractivity contribution >= 4 is 5.91 Å². The molecule has 0 aromatic carbocycles. The molecule has 1 fully saturated rings. The first kappa shape index (κ1) is 13.9. The topological polar surface area (TPSA) is 68.2 Å². The fraction of sp³-hybridized carbons (Fsp3) is 0.692. The molecule has 0 aliphatic carbocycles. The molecular weight excluding hydrogens is 244 g/mol. The average molecular weight is 266 g/mol. The number of aromatic nitrogens is 2. The van der Waals surface area contributed by atoms with E-state index in [0.717, 1.165) is 42.9 Å². The number of amides is 1. The van der Waals surface area contributed by atoms with Gasteiger partial charge in [-0.3, -0.25) is 4.79 Å². The highest BCUT2D eigenvalue weighted by molar-refractivity contribution is 5.81. The minimum absolute atomic E-state index is 0.0954. The highest BCUT2D eigenvalue weighted by Crippen LogP contribution is 2.21. The van der Waals surface area contributed by atoms with Crippen molar-refractivity contribution in [2.75, 3.05) is 13.7 Å². The number of ether oxygens (including phenoxy) is 1. The second-order valence-electron chi connectivity index (χ2n) is 4.92. The Morgan fingerprint density at radius 2 is 2.32 bits per heavy atom. The van der Waals surface area contributed by atoms with Crippen molar-refractivity contribution in [2.45, 2.75) is 38.8 Å². The lowest BCUT2D eigenvalue weighted by molar-refractivity contribution is -0.122. The van der Waals surface area contributed by atoms with Crippen LogP contribution in [0.4, 0.5) is 0 Å². The molecule has 1 aliphatic rings. The monoisotopic (exact) mass is 266 g/mol. The molecule has 1 amide bonds. The van der Waals surface area contributed by atoms with Crippen LogP contribution in [0.15, 0.2) is 0 Å². The normalized spacial score (nSPS) is 19.9. The van der Waals surface area contributed by atoms with Crippen LogP contribution in [0.25, 0.3) is 0 Å². The Bertz CT molecular complexity index is 456. The molecule has 19 heavy (non-hydrogen) atoms. The molecule has 0 radical (unpaired) electrons. The fourth-order valence-electron chi connectivity index (χ4n) is 2.50. The number of carbonyl (C=O) groups is 1. The molecule has 2 rings (SSSR count). The third-order valence-corrected chi connectivity index (χ3v) is 3.54. The zero-order valence-corrected chi connectivity index (χ0v) is 11.8. The van der Waals surface area contributed by atoms with E-state index < -0.39 is 0 Å². The lowest BCUT2D eigenvalue weighted by atomic mass is 10.1. The molecule has 0 saturated carbocycles. The van der Waals surface area contributed by atoms with Gasteiger partial charge in [0.1, 0.15) is 0 Å². The summed E-state index contributed by atoms with van der Waals surface area (Å²) in [5.41, 5.74) is 1.95. The Morgan fingerprint density at radius 1 is 1.53 bits per heavy atom. The van der Waals surface area contributed by atoms with Gasteiger partial charge in [-0.15, -0.1) is 0 Å². The molecule has 6 nitrogen and oxygen atoms in total. The summed E-state index contributed by atoms with van der Waals surface area (Å²) in [5, 5.41) is 10.6. The van der Waals surface area contributed by atoms with Gasteiger partial charge in [-0.2, -0.15) is 5.10 Å². The second-order valence-corrected chi connectivity index (χ2v) is 4.92. The van der Waals surface area contributed by atoms with E-state index in [9.17, 15) is 4.79 Å². The summed E-state index contributed by atoms with van der Waals surface area (Å²) in [4.78, 5) is 11.9. The van der Waals surface area contributed by atoms with Gasteiger partial charge in [0.15, 0.2) is 0 Å². The highest BCUT2D eigenvalue weighted by Gasteiger charge is 2.21. The molecule has 1 aromatic heterocycles. The van der Waals surface area contributed by atoms with E-state index in [1.54, 1.807) is 11.8 Å². The van der Waals surface area contributed by atoms with Crippen LogP contribution in [0.5, 0.6) is 5.88 Å². The molecule has 1 saturated heterocycles. The number of carbonyl (C=O) groups excluding carboxylic acids is 1. The molecule has 2 heterocycles. The van der Waals surface area contributed by atoms with Gasteiger partial charge in [0.05, 0.1) is 24.4 Å². The third-order valence-electron chi connectivity index (χ3n) is 3.54. The molecule has 6 heteroatoms. The molecule has 0 bridgehead atoms. The van der Waals surface area contributed by atoms with E-state index in [4.69, 9.17) is 4.74 Å². The summed E-state index contributed by atoms with van der Waals surface area (Å²) in [6, 6.07) is -0.119. The zero-order chi connectivity index (χ0) is 13.8. The summed E-state index contributed by atoms with van der Waals surface area (Å²) < 4.78 is 7.07. The molecule has 1 atom stereocenters. The third kappa shape index (κ3) is 3.07. The van der Waals surface area contributed by atoms with E-state index in [2.05, 4.69) is 15.7 Å². The molecule has 0 spiro atoms. The lowest BCUT2D eigenvalue weighted by Crippen LogP contribution is -2.42. The average Bonchev–Trinajstić information content (AvgIpc) is 2.53.